The molecule has 1 heterocycles. The van der Waals surface area contributed by atoms with Gasteiger partial charge in [0.25, 0.3) is 0 Å². The van der Waals surface area contributed by atoms with Crippen LogP contribution in [-0.4, -0.2) is 44.2 Å². The first kappa shape index (κ1) is 16.2. The van der Waals surface area contributed by atoms with Crippen molar-refractivity contribution in [2.75, 3.05) is 0 Å². The van der Waals surface area contributed by atoms with Gasteiger partial charge in [0.2, 0.25) is 5.91 Å². The van der Waals surface area contributed by atoms with Crippen LogP contribution in [0.25, 0.3) is 0 Å². The molecule has 2 N–H and O–H groups in total. The van der Waals surface area contributed by atoms with E-state index >= 15 is 0 Å². The van der Waals surface area contributed by atoms with Crippen LogP contribution in [-0.2, 0) is 11.3 Å². The average molecular weight is 320 g/mol. The molecule has 0 bridgehead atoms. The third-order valence-corrected chi connectivity index (χ3v) is 3.62. The molecule has 0 saturated heterocycles. The summed E-state index contributed by atoms with van der Waals surface area (Å²) in [5.41, 5.74) is -0.279. The molecule has 1 aromatic heterocycles. The predicted molar refractivity (Wildman–Crippen MR) is 66.9 cm³/mol. The fourth-order valence-corrected chi connectivity index (χ4v) is 2.46. The molecule has 1 amide bonds. The van der Waals surface area contributed by atoms with Crippen molar-refractivity contribution in [2.45, 2.75) is 44.4 Å². The molecule has 10 heteroatoms. The molecule has 0 aromatic carbocycles. The van der Waals surface area contributed by atoms with Gasteiger partial charge in [0.15, 0.2) is 5.69 Å². The third kappa shape index (κ3) is 4.18. The number of hydrogen-bond acceptors (Lipinski definition) is 4. The molecule has 1 fully saturated rings. The number of carboxylic acids is 1. The molecule has 1 aromatic rings. The van der Waals surface area contributed by atoms with E-state index in [0.29, 0.717) is 0 Å². The van der Waals surface area contributed by atoms with Crippen LogP contribution in [0.3, 0.4) is 0 Å². The minimum absolute atomic E-state index is 0.000927. The number of carbonyl (C=O) groups is 2. The summed E-state index contributed by atoms with van der Waals surface area (Å²) in [5.74, 6) is -2.98. The molecule has 0 spiro atoms. The first-order valence-electron chi connectivity index (χ1n) is 6.75. The Morgan fingerprint density at radius 2 is 1.95 bits per heavy atom. The van der Waals surface area contributed by atoms with E-state index in [1.807, 2.05) is 0 Å². The molecule has 7 nitrogen and oxygen atoms in total. The Morgan fingerprint density at radius 1 is 1.32 bits per heavy atom. The number of hydrogen-bond donors (Lipinski definition) is 2. The van der Waals surface area contributed by atoms with Crippen LogP contribution < -0.4 is 5.32 Å². The molecule has 2 rings (SSSR count). The van der Waals surface area contributed by atoms with Crippen LogP contribution in [0.15, 0.2) is 6.20 Å². The van der Waals surface area contributed by atoms with E-state index in [4.69, 9.17) is 5.11 Å². The summed E-state index contributed by atoms with van der Waals surface area (Å²) < 4.78 is 38.7. The number of amides is 1. The summed E-state index contributed by atoms with van der Waals surface area (Å²) in [6.45, 7) is -0.223. The first-order valence-corrected chi connectivity index (χ1v) is 6.75. The van der Waals surface area contributed by atoms with E-state index in [-0.39, 0.29) is 44.0 Å². The van der Waals surface area contributed by atoms with Gasteiger partial charge >= 0.3 is 12.1 Å². The number of halogens is 3. The number of alkyl halides is 3. The second-order valence-corrected chi connectivity index (χ2v) is 5.26. The van der Waals surface area contributed by atoms with Crippen LogP contribution in [0.4, 0.5) is 13.2 Å². The van der Waals surface area contributed by atoms with Crippen molar-refractivity contribution in [3.05, 3.63) is 11.9 Å². The van der Waals surface area contributed by atoms with Gasteiger partial charge in [0.1, 0.15) is 6.54 Å². The molecule has 0 aliphatic heterocycles. The van der Waals surface area contributed by atoms with Crippen molar-refractivity contribution in [3.63, 3.8) is 0 Å². The van der Waals surface area contributed by atoms with E-state index in [0.717, 1.165) is 10.9 Å². The normalized spacial score (nSPS) is 22.3. The Kier molecular flexibility index (Phi) is 4.67. The number of aromatic carboxylic acids is 1. The fraction of sp³-hybridized carbons (Fsp3) is 0.667. The van der Waals surface area contributed by atoms with Gasteiger partial charge in [-0.1, -0.05) is 5.21 Å². The number of nitrogens with zero attached hydrogens (tertiary/aromatic N) is 3. The van der Waals surface area contributed by atoms with Crippen LogP contribution in [0, 0.1) is 5.92 Å². The largest absolute Gasteiger partial charge is 0.476 e. The van der Waals surface area contributed by atoms with Gasteiger partial charge in [0, 0.05) is 6.04 Å². The minimum atomic E-state index is -4.18. The highest BCUT2D eigenvalue weighted by molar-refractivity contribution is 5.84. The van der Waals surface area contributed by atoms with Crippen molar-refractivity contribution in [3.8, 4) is 0 Å². The summed E-state index contributed by atoms with van der Waals surface area (Å²) in [6.07, 6.45) is -2.52. The lowest BCUT2D eigenvalue weighted by Crippen LogP contribution is -2.41. The molecular formula is C12H15F3N4O3. The van der Waals surface area contributed by atoms with E-state index in [1.165, 1.54) is 0 Å². The van der Waals surface area contributed by atoms with E-state index in [2.05, 4.69) is 15.6 Å². The number of rotatable bonds is 4. The smallest absolute Gasteiger partial charge is 0.391 e. The maximum Gasteiger partial charge on any atom is 0.391 e. The molecule has 122 valence electrons. The van der Waals surface area contributed by atoms with Gasteiger partial charge in [-0.2, -0.15) is 13.2 Å². The zero-order valence-corrected chi connectivity index (χ0v) is 11.5. The maximum absolute atomic E-state index is 12.5. The van der Waals surface area contributed by atoms with E-state index in [1.54, 1.807) is 0 Å². The van der Waals surface area contributed by atoms with Gasteiger partial charge in [-0.3, -0.25) is 4.79 Å². The molecule has 1 aliphatic carbocycles. The third-order valence-electron chi connectivity index (χ3n) is 3.62. The molecule has 22 heavy (non-hydrogen) atoms. The monoisotopic (exact) mass is 320 g/mol. The summed E-state index contributed by atoms with van der Waals surface area (Å²) in [7, 11) is 0. The highest BCUT2D eigenvalue weighted by Gasteiger charge is 2.41. The Morgan fingerprint density at radius 3 is 2.45 bits per heavy atom. The Balaban J connectivity index is 1.79. The number of nitrogens with one attached hydrogen (secondary N) is 1. The highest BCUT2D eigenvalue weighted by atomic mass is 19.4. The lowest BCUT2D eigenvalue weighted by atomic mass is 9.85. The Labute approximate surface area is 123 Å². The van der Waals surface area contributed by atoms with Crippen molar-refractivity contribution >= 4 is 11.9 Å². The number of carbonyl (C=O) groups excluding carboxylic acids is 1. The Bertz CT molecular complexity index is 550. The second-order valence-electron chi connectivity index (χ2n) is 5.26. The summed E-state index contributed by atoms with van der Waals surface area (Å²) in [4.78, 5) is 22.4. The van der Waals surface area contributed by atoms with Gasteiger partial charge in [-0.25, -0.2) is 9.48 Å². The lowest BCUT2D eigenvalue weighted by Gasteiger charge is -2.30. The predicted octanol–water partition coefficient (Wildman–Crippen LogP) is 1.21. The highest BCUT2D eigenvalue weighted by Crippen LogP contribution is 2.37. The molecule has 0 radical (unpaired) electrons. The maximum atomic E-state index is 12.5. The molecule has 1 aliphatic rings. The lowest BCUT2D eigenvalue weighted by molar-refractivity contribution is -0.182. The SMILES string of the molecule is O=C(Cn1cc(C(=O)O)nn1)NC1CCC(C(F)(F)F)CC1. The minimum Gasteiger partial charge on any atom is -0.476 e. The summed E-state index contributed by atoms with van der Waals surface area (Å²) >= 11 is 0. The molecule has 0 atom stereocenters. The van der Waals surface area contributed by atoms with Crippen molar-refractivity contribution in [1.82, 2.24) is 20.3 Å². The van der Waals surface area contributed by atoms with Crippen LogP contribution in [0.5, 0.6) is 0 Å². The zero-order valence-electron chi connectivity index (χ0n) is 11.5. The first-order chi connectivity index (χ1) is 10.3. The number of aromatic nitrogens is 3. The fourth-order valence-electron chi connectivity index (χ4n) is 2.46. The van der Waals surface area contributed by atoms with Crippen molar-refractivity contribution < 1.29 is 27.9 Å². The van der Waals surface area contributed by atoms with E-state index in [9.17, 15) is 22.8 Å². The van der Waals surface area contributed by atoms with Crippen LogP contribution in [0.2, 0.25) is 0 Å². The van der Waals surface area contributed by atoms with Crippen LogP contribution >= 0.6 is 0 Å². The van der Waals surface area contributed by atoms with Gasteiger partial charge in [0.05, 0.1) is 12.1 Å². The molecule has 1 saturated carbocycles. The average Bonchev–Trinajstić information content (AvgIpc) is 2.86. The zero-order chi connectivity index (χ0) is 16.3. The van der Waals surface area contributed by atoms with Crippen LogP contribution in [0.1, 0.15) is 36.2 Å². The molecule has 0 unspecified atom stereocenters. The van der Waals surface area contributed by atoms with Crippen molar-refractivity contribution in [2.24, 2.45) is 5.92 Å². The summed E-state index contributed by atoms with van der Waals surface area (Å²) in [6, 6.07) is -0.298. The van der Waals surface area contributed by atoms with Gasteiger partial charge < -0.3 is 10.4 Å². The Hall–Kier alpha value is -2.13. The van der Waals surface area contributed by atoms with Crippen molar-refractivity contribution in [1.29, 1.82) is 0 Å². The standard InChI is InChI=1S/C12H15F3N4O3/c13-12(14,15)7-1-3-8(4-2-7)16-10(20)6-19-5-9(11(21)22)17-18-19/h5,7-8H,1-4,6H2,(H,16,20)(H,21,22). The number of carboxylic acid groups (broad SMARTS) is 1. The molecular weight excluding hydrogens is 305 g/mol. The van der Waals surface area contributed by atoms with E-state index < -0.39 is 24.0 Å². The van der Waals surface area contributed by atoms with Gasteiger partial charge in [-0.05, 0) is 25.7 Å². The topological polar surface area (TPSA) is 97.1 Å². The van der Waals surface area contributed by atoms with Gasteiger partial charge in [-0.15, -0.1) is 5.10 Å². The summed E-state index contributed by atoms with van der Waals surface area (Å²) in [5, 5.41) is 18.2. The quantitative estimate of drug-likeness (QED) is 0.869. The second kappa shape index (κ2) is 6.32.